The second-order valence-electron chi connectivity index (χ2n) is 5.43. The Morgan fingerprint density at radius 1 is 1.50 bits per heavy atom. The summed E-state index contributed by atoms with van der Waals surface area (Å²) in [6.45, 7) is 6.46. The van der Waals surface area contributed by atoms with E-state index in [1.165, 1.54) is 19.3 Å². The molecule has 0 aromatic heterocycles. The van der Waals surface area contributed by atoms with Gasteiger partial charge in [-0.25, -0.2) is 0 Å². The standard InChI is InChI=1S/C13H24N2O2.ClH/c1-3-13(5-4-6-13)9-15-12(16)11-10(2)17-8-7-14-11;/h10-11,14H,3-9H2,1-2H3,(H,15,16);1H/t10-,11+;/m1./s1. The van der Waals surface area contributed by atoms with Crippen LogP contribution in [0.5, 0.6) is 0 Å². The van der Waals surface area contributed by atoms with Crippen LogP contribution in [0.2, 0.25) is 0 Å². The van der Waals surface area contributed by atoms with Crippen molar-refractivity contribution >= 4 is 18.3 Å². The van der Waals surface area contributed by atoms with Crippen molar-refractivity contribution in [1.29, 1.82) is 0 Å². The van der Waals surface area contributed by atoms with Gasteiger partial charge in [0.25, 0.3) is 0 Å². The van der Waals surface area contributed by atoms with Crippen molar-refractivity contribution in [3.63, 3.8) is 0 Å². The van der Waals surface area contributed by atoms with E-state index < -0.39 is 0 Å². The van der Waals surface area contributed by atoms with Gasteiger partial charge in [-0.3, -0.25) is 4.79 Å². The number of nitrogens with one attached hydrogen (secondary N) is 2. The monoisotopic (exact) mass is 276 g/mol. The first kappa shape index (κ1) is 15.7. The predicted molar refractivity (Wildman–Crippen MR) is 74.0 cm³/mol. The Balaban J connectivity index is 0.00000162. The molecule has 1 saturated heterocycles. The summed E-state index contributed by atoms with van der Waals surface area (Å²) in [6, 6.07) is -0.183. The first-order valence-corrected chi connectivity index (χ1v) is 6.79. The third kappa shape index (κ3) is 3.37. The first-order chi connectivity index (χ1) is 8.17. The van der Waals surface area contributed by atoms with Crippen LogP contribution in [-0.4, -0.2) is 37.7 Å². The lowest BCUT2D eigenvalue weighted by molar-refractivity contribution is -0.129. The van der Waals surface area contributed by atoms with E-state index in [0.29, 0.717) is 12.0 Å². The Hall–Kier alpha value is -0.320. The molecule has 1 aliphatic heterocycles. The van der Waals surface area contributed by atoms with Crippen molar-refractivity contribution in [2.75, 3.05) is 19.7 Å². The second kappa shape index (κ2) is 6.73. The highest BCUT2D eigenvalue weighted by molar-refractivity contribution is 5.85. The van der Waals surface area contributed by atoms with Gasteiger partial charge in [-0.05, 0) is 31.6 Å². The average molecular weight is 277 g/mol. The van der Waals surface area contributed by atoms with E-state index in [0.717, 1.165) is 19.5 Å². The molecule has 4 nitrogen and oxygen atoms in total. The van der Waals surface area contributed by atoms with Crippen LogP contribution in [0.15, 0.2) is 0 Å². The Morgan fingerprint density at radius 3 is 2.72 bits per heavy atom. The maximum atomic E-state index is 12.1. The van der Waals surface area contributed by atoms with Crippen LogP contribution in [0.3, 0.4) is 0 Å². The molecule has 0 aromatic rings. The minimum Gasteiger partial charge on any atom is -0.375 e. The topological polar surface area (TPSA) is 50.4 Å². The quantitative estimate of drug-likeness (QED) is 0.818. The summed E-state index contributed by atoms with van der Waals surface area (Å²) in [5.74, 6) is 0.0944. The summed E-state index contributed by atoms with van der Waals surface area (Å²) in [5, 5.41) is 6.32. The van der Waals surface area contributed by atoms with Gasteiger partial charge in [0.1, 0.15) is 6.04 Å². The molecule has 2 atom stereocenters. The maximum absolute atomic E-state index is 12.1. The molecule has 2 rings (SSSR count). The van der Waals surface area contributed by atoms with Gasteiger partial charge in [0.2, 0.25) is 5.91 Å². The van der Waals surface area contributed by atoms with Crippen LogP contribution >= 0.6 is 12.4 Å². The number of carbonyl (C=O) groups is 1. The van der Waals surface area contributed by atoms with Crippen LogP contribution in [0.25, 0.3) is 0 Å². The largest absolute Gasteiger partial charge is 0.375 e. The van der Waals surface area contributed by atoms with Gasteiger partial charge in [-0.15, -0.1) is 12.4 Å². The van der Waals surface area contributed by atoms with Gasteiger partial charge >= 0.3 is 0 Å². The molecule has 1 amide bonds. The lowest BCUT2D eigenvalue weighted by atomic mass is 9.67. The fourth-order valence-corrected chi connectivity index (χ4v) is 2.74. The third-order valence-corrected chi connectivity index (χ3v) is 4.40. The van der Waals surface area contributed by atoms with E-state index in [2.05, 4.69) is 17.6 Å². The Kier molecular flexibility index (Phi) is 5.89. The zero-order chi connectivity index (χ0) is 12.3. The van der Waals surface area contributed by atoms with E-state index in [4.69, 9.17) is 4.74 Å². The summed E-state index contributed by atoms with van der Waals surface area (Å²) in [6.07, 6.45) is 4.97. The summed E-state index contributed by atoms with van der Waals surface area (Å²) in [4.78, 5) is 12.1. The lowest BCUT2D eigenvalue weighted by Crippen LogP contribution is -2.57. The van der Waals surface area contributed by atoms with Gasteiger partial charge in [-0.2, -0.15) is 0 Å². The Bertz CT molecular complexity index is 277. The van der Waals surface area contributed by atoms with E-state index in [-0.39, 0.29) is 30.5 Å². The minimum atomic E-state index is -0.183. The number of rotatable bonds is 4. The van der Waals surface area contributed by atoms with Gasteiger partial charge in [0, 0.05) is 13.1 Å². The number of morpholine rings is 1. The van der Waals surface area contributed by atoms with Gasteiger partial charge < -0.3 is 15.4 Å². The van der Waals surface area contributed by atoms with Gasteiger partial charge in [-0.1, -0.05) is 13.3 Å². The van der Waals surface area contributed by atoms with Crippen molar-refractivity contribution in [3.05, 3.63) is 0 Å². The molecule has 2 fully saturated rings. The van der Waals surface area contributed by atoms with Gasteiger partial charge in [0.15, 0.2) is 0 Å². The fraction of sp³-hybridized carbons (Fsp3) is 0.923. The van der Waals surface area contributed by atoms with E-state index in [1.807, 2.05) is 6.92 Å². The molecule has 2 N–H and O–H groups in total. The number of ether oxygens (including phenoxy) is 1. The molecule has 1 saturated carbocycles. The second-order valence-corrected chi connectivity index (χ2v) is 5.43. The summed E-state index contributed by atoms with van der Waals surface area (Å²) in [5.41, 5.74) is 0.383. The van der Waals surface area contributed by atoms with Crippen LogP contribution in [-0.2, 0) is 9.53 Å². The molecule has 1 aliphatic carbocycles. The maximum Gasteiger partial charge on any atom is 0.239 e. The van der Waals surface area contributed by atoms with Crippen LogP contribution in [0, 0.1) is 5.41 Å². The first-order valence-electron chi connectivity index (χ1n) is 6.79. The zero-order valence-corrected chi connectivity index (χ0v) is 12.1. The molecular formula is C13H25ClN2O2. The molecule has 106 valence electrons. The van der Waals surface area contributed by atoms with Crippen molar-refractivity contribution in [1.82, 2.24) is 10.6 Å². The van der Waals surface area contributed by atoms with Crippen molar-refractivity contribution < 1.29 is 9.53 Å². The smallest absolute Gasteiger partial charge is 0.239 e. The van der Waals surface area contributed by atoms with Crippen LogP contribution < -0.4 is 10.6 Å². The average Bonchev–Trinajstić information content (AvgIpc) is 2.28. The SMILES string of the molecule is CCC1(CNC(=O)[C@H]2NCCO[C@@H]2C)CCC1.Cl. The number of halogens is 1. The van der Waals surface area contributed by atoms with Gasteiger partial charge in [0.05, 0.1) is 12.7 Å². The molecule has 1 heterocycles. The molecular weight excluding hydrogens is 252 g/mol. The predicted octanol–water partition coefficient (Wildman–Crippen LogP) is 1.48. The lowest BCUT2D eigenvalue weighted by Gasteiger charge is -2.42. The van der Waals surface area contributed by atoms with E-state index >= 15 is 0 Å². The number of amides is 1. The van der Waals surface area contributed by atoms with Crippen LogP contribution in [0.4, 0.5) is 0 Å². The molecule has 18 heavy (non-hydrogen) atoms. The molecule has 0 aromatic carbocycles. The number of hydrogen-bond donors (Lipinski definition) is 2. The Labute approximate surface area is 116 Å². The van der Waals surface area contributed by atoms with Crippen molar-refractivity contribution in [2.24, 2.45) is 5.41 Å². The zero-order valence-electron chi connectivity index (χ0n) is 11.3. The van der Waals surface area contributed by atoms with Crippen LogP contribution in [0.1, 0.15) is 39.5 Å². The highest BCUT2D eigenvalue weighted by Crippen LogP contribution is 2.43. The molecule has 2 aliphatic rings. The normalized spacial score (nSPS) is 29.9. The summed E-state index contributed by atoms with van der Waals surface area (Å²) in [7, 11) is 0. The molecule has 5 heteroatoms. The Morgan fingerprint density at radius 2 is 2.22 bits per heavy atom. The molecule has 0 radical (unpaired) electrons. The summed E-state index contributed by atoms with van der Waals surface area (Å²) < 4.78 is 5.49. The van der Waals surface area contributed by atoms with Crippen molar-refractivity contribution in [2.45, 2.75) is 51.7 Å². The molecule has 0 spiro atoms. The highest BCUT2D eigenvalue weighted by Gasteiger charge is 2.36. The minimum absolute atomic E-state index is 0. The highest BCUT2D eigenvalue weighted by atomic mass is 35.5. The third-order valence-electron chi connectivity index (χ3n) is 4.40. The van der Waals surface area contributed by atoms with E-state index in [9.17, 15) is 4.79 Å². The molecule has 0 unspecified atom stereocenters. The molecule has 0 bridgehead atoms. The van der Waals surface area contributed by atoms with E-state index in [1.54, 1.807) is 0 Å². The number of carbonyl (C=O) groups excluding carboxylic acids is 1. The van der Waals surface area contributed by atoms with Crippen molar-refractivity contribution in [3.8, 4) is 0 Å². The number of hydrogen-bond acceptors (Lipinski definition) is 3. The fourth-order valence-electron chi connectivity index (χ4n) is 2.74. The summed E-state index contributed by atoms with van der Waals surface area (Å²) >= 11 is 0.